The summed E-state index contributed by atoms with van der Waals surface area (Å²) in [5, 5.41) is 9.43. The summed E-state index contributed by atoms with van der Waals surface area (Å²) in [6.07, 6.45) is 0. The van der Waals surface area contributed by atoms with Crippen LogP contribution in [-0.4, -0.2) is 10.9 Å². The molecule has 2 nitrogen and oxygen atoms in total. The summed E-state index contributed by atoms with van der Waals surface area (Å²) in [5.74, 6) is -0.112. The molecule has 2 rings (SSSR count). The van der Waals surface area contributed by atoms with Crippen LogP contribution in [0.25, 0.3) is 5.76 Å². The van der Waals surface area contributed by atoms with Crippen molar-refractivity contribution in [1.29, 1.82) is 0 Å². The number of ketones is 1. The Balaban J connectivity index is 2.73. The summed E-state index contributed by atoms with van der Waals surface area (Å²) in [6.45, 7) is 0. The molecule has 0 heterocycles. The molecule has 1 aromatic rings. The number of benzene rings is 1. The smallest absolute Gasteiger partial charge is 0.204 e. The van der Waals surface area contributed by atoms with E-state index in [1.807, 2.05) is 0 Å². The maximum Gasteiger partial charge on any atom is 0.204 e. The zero-order chi connectivity index (χ0) is 8.72. The fourth-order valence-corrected chi connectivity index (χ4v) is 1.66. The minimum Gasteiger partial charge on any atom is -0.506 e. The highest BCUT2D eigenvalue weighted by molar-refractivity contribution is 9.12. The predicted octanol–water partition coefficient (Wildman–Crippen LogP) is 2.50. The fourth-order valence-electron chi connectivity index (χ4n) is 1.23. The van der Waals surface area contributed by atoms with Gasteiger partial charge < -0.3 is 5.11 Å². The van der Waals surface area contributed by atoms with Gasteiger partial charge in [0, 0.05) is 11.1 Å². The van der Waals surface area contributed by atoms with E-state index in [9.17, 15) is 9.90 Å². The lowest BCUT2D eigenvalue weighted by atomic mass is 10.1. The second-order valence-corrected chi connectivity index (χ2v) is 3.33. The minimum atomic E-state index is -0.150. The summed E-state index contributed by atoms with van der Waals surface area (Å²) < 4.78 is 0.253. The number of hydrogen-bond donors (Lipinski definition) is 1. The van der Waals surface area contributed by atoms with Crippen LogP contribution in [0.3, 0.4) is 0 Å². The van der Waals surface area contributed by atoms with Gasteiger partial charge >= 0.3 is 0 Å². The molecule has 1 aliphatic rings. The van der Waals surface area contributed by atoms with E-state index in [4.69, 9.17) is 0 Å². The first-order chi connectivity index (χ1) is 5.72. The molecule has 1 aliphatic carbocycles. The number of carbonyl (C=O) groups is 1. The largest absolute Gasteiger partial charge is 0.506 e. The molecule has 1 N–H and O–H groups in total. The topological polar surface area (TPSA) is 37.3 Å². The molecule has 0 aliphatic heterocycles. The number of carbonyl (C=O) groups excluding carboxylic acids is 1. The van der Waals surface area contributed by atoms with Crippen LogP contribution in [0.4, 0.5) is 0 Å². The first-order valence-electron chi connectivity index (χ1n) is 3.44. The number of halogens is 1. The Morgan fingerprint density at radius 3 is 2.33 bits per heavy atom. The van der Waals surface area contributed by atoms with Gasteiger partial charge in [-0.2, -0.15) is 0 Å². The standard InChI is InChI=1S/C9H5BrO2/c10-7-8(11)5-3-1-2-4-6(5)9(7)12/h1-4,11H. The van der Waals surface area contributed by atoms with Crippen LogP contribution in [0.1, 0.15) is 15.9 Å². The van der Waals surface area contributed by atoms with Crippen molar-refractivity contribution in [2.24, 2.45) is 0 Å². The zero-order valence-electron chi connectivity index (χ0n) is 6.04. The van der Waals surface area contributed by atoms with E-state index in [0.29, 0.717) is 11.1 Å². The first-order valence-corrected chi connectivity index (χ1v) is 4.24. The number of aliphatic hydroxyl groups excluding tert-OH is 1. The second kappa shape index (κ2) is 2.45. The number of rotatable bonds is 0. The van der Waals surface area contributed by atoms with Crippen LogP contribution < -0.4 is 0 Å². The third-order valence-electron chi connectivity index (χ3n) is 1.83. The number of fused-ring (bicyclic) bond motifs is 1. The van der Waals surface area contributed by atoms with Crippen LogP contribution in [0.15, 0.2) is 28.7 Å². The van der Waals surface area contributed by atoms with Crippen molar-refractivity contribution in [3.8, 4) is 0 Å². The molecule has 1 aromatic carbocycles. The molecule has 60 valence electrons. The monoisotopic (exact) mass is 224 g/mol. The lowest BCUT2D eigenvalue weighted by molar-refractivity contribution is 0.104. The van der Waals surface area contributed by atoms with Crippen molar-refractivity contribution < 1.29 is 9.90 Å². The molecule has 0 amide bonds. The summed E-state index contributed by atoms with van der Waals surface area (Å²) in [7, 11) is 0. The van der Waals surface area contributed by atoms with Gasteiger partial charge in [0.05, 0.1) is 0 Å². The molecule has 0 fully saturated rings. The Labute approximate surface area is 77.7 Å². The highest BCUT2D eigenvalue weighted by atomic mass is 79.9. The van der Waals surface area contributed by atoms with Gasteiger partial charge in [0.1, 0.15) is 10.2 Å². The SMILES string of the molecule is O=C1C(Br)=C(O)c2ccccc21. The van der Waals surface area contributed by atoms with E-state index in [0.717, 1.165) is 0 Å². The van der Waals surface area contributed by atoms with Gasteiger partial charge in [-0.05, 0) is 15.9 Å². The maximum atomic E-state index is 11.3. The van der Waals surface area contributed by atoms with Crippen molar-refractivity contribution in [3.63, 3.8) is 0 Å². The van der Waals surface area contributed by atoms with Crippen LogP contribution in [0, 0.1) is 0 Å². The molecule has 0 unspecified atom stereocenters. The average molecular weight is 225 g/mol. The number of aliphatic hydroxyl groups is 1. The number of Topliss-reactive ketones (excluding diaryl/α,β-unsaturated/α-hetero) is 1. The van der Waals surface area contributed by atoms with E-state index in [1.54, 1.807) is 24.3 Å². The van der Waals surface area contributed by atoms with Crippen LogP contribution >= 0.6 is 15.9 Å². The highest BCUT2D eigenvalue weighted by Gasteiger charge is 2.26. The normalized spacial score (nSPS) is 15.2. The molecule has 0 saturated carbocycles. The lowest BCUT2D eigenvalue weighted by Crippen LogP contribution is -1.92. The Hall–Kier alpha value is -1.09. The third kappa shape index (κ3) is 0.830. The van der Waals surface area contributed by atoms with E-state index in [-0.39, 0.29) is 16.0 Å². The molecule has 12 heavy (non-hydrogen) atoms. The molecule has 0 aromatic heterocycles. The van der Waals surface area contributed by atoms with Crippen molar-refractivity contribution in [3.05, 3.63) is 39.9 Å². The van der Waals surface area contributed by atoms with Gasteiger partial charge in [0.25, 0.3) is 0 Å². The summed E-state index contributed by atoms with van der Waals surface area (Å²) >= 11 is 3.03. The van der Waals surface area contributed by atoms with Crippen LogP contribution in [0.2, 0.25) is 0 Å². The molecule has 0 atom stereocenters. The van der Waals surface area contributed by atoms with E-state index in [2.05, 4.69) is 15.9 Å². The minimum absolute atomic E-state index is 0.0376. The molecular formula is C9H5BrO2. The van der Waals surface area contributed by atoms with Crippen molar-refractivity contribution in [2.75, 3.05) is 0 Å². The van der Waals surface area contributed by atoms with Gasteiger partial charge in [0.2, 0.25) is 5.78 Å². The fraction of sp³-hybridized carbons (Fsp3) is 0. The Morgan fingerprint density at radius 1 is 1.17 bits per heavy atom. The van der Waals surface area contributed by atoms with Crippen molar-refractivity contribution in [2.45, 2.75) is 0 Å². The van der Waals surface area contributed by atoms with Gasteiger partial charge in [-0.1, -0.05) is 24.3 Å². The molecule has 0 bridgehead atoms. The molecular weight excluding hydrogens is 220 g/mol. The van der Waals surface area contributed by atoms with Gasteiger partial charge in [0.15, 0.2) is 0 Å². The second-order valence-electron chi connectivity index (χ2n) is 2.54. The Morgan fingerprint density at radius 2 is 1.75 bits per heavy atom. The highest BCUT2D eigenvalue weighted by Crippen LogP contribution is 2.33. The Kier molecular flexibility index (Phi) is 1.54. The predicted molar refractivity (Wildman–Crippen MR) is 49.2 cm³/mol. The van der Waals surface area contributed by atoms with Gasteiger partial charge in [-0.25, -0.2) is 0 Å². The van der Waals surface area contributed by atoms with Crippen LogP contribution in [-0.2, 0) is 0 Å². The van der Waals surface area contributed by atoms with E-state index >= 15 is 0 Å². The van der Waals surface area contributed by atoms with E-state index < -0.39 is 0 Å². The van der Waals surface area contributed by atoms with E-state index in [1.165, 1.54) is 0 Å². The Bertz CT molecular complexity index is 393. The third-order valence-corrected chi connectivity index (χ3v) is 2.57. The van der Waals surface area contributed by atoms with Crippen molar-refractivity contribution >= 4 is 27.5 Å². The van der Waals surface area contributed by atoms with Crippen molar-refractivity contribution in [1.82, 2.24) is 0 Å². The lowest BCUT2D eigenvalue weighted by Gasteiger charge is -1.94. The van der Waals surface area contributed by atoms with Crippen LogP contribution in [0.5, 0.6) is 0 Å². The number of allylic oxidation sites excluding steroid dienone is 1. The summed E-state index contributed by atoms with van der Waals surface area (Å²) in [5.41, 5.74) is 1.16. The summed E-state index contributed by atoms with van der Waals surface area (Å²) in [4.78, 5) is 11.3. The quantitative estimate of drug-likeness (QED) is 0.736. The average Bonchev–Trinajstić information content (AvgIpc) is 2.33. The van der Waals surface area contributed by atoms with Gasteiger partial charge in [-0.3, -0.25) is 4.79 Å². The molecule has 0 saturated heterocycles. The summed E-state index contributed by atoms with van der Waals surface area (Å²) in [6, 6.07) is 6.97. The zero-order valence-corrected chi connectivity index (χ0v) is 7.63. The van der Waals surface area contributed by atoms with Gasteiger partial charge in [-0.15, -0.1) is 0 Å². The molecule has 0 spiro atoms. The number of hydrogen-bond acceptors (Lipinski definition) is 2. The molecule has 3 heteroatoms. The maximum absolute atomic E-state index is 11.3. The first kappa shape index (κ1) is 7.55. The molecule has 0 radical (unpaired) electrons.